The van der Waals surface area contributed by atoms with E-state index in [1.807, 2.05) is 11.9 Å². The van der Waals surface area contributed by atoms with Crippen molar-refractivity contribution in [1.82, 2.24) is 4.90 Å². The molecule has 0 aromatic carbocycles. The summed E-state index contributed by atoms with van der Waals surface area (Å²) >= 11 is 3.53. The lowest BCUT2D eigenvalue weighted by Crippen LogP contribution is -2.30. The first-order chi connectivity index (χ1) is 4.55. The first-order valence-electron chi connectivity index (χ1n) is 3.28. The van der Waals surface area contributed by atoms with Crippen LogP contribution < -0.4 is 0 Å². The van der Waals surface area contributed by atoms with Gasteiger partial charge in [0.1, 0.15) is 0 Å². The average Bonchev–Trinajstić information content (AvgIpc) is 1.90. The molecule has 0 saturated heterocycles. The van der Waals surface area contributed by atoms with Crippen LogP contribution in [0, 0.1) is 5.41 Å². The van der Waals surface area contributed by atoms with E-state index in [2.05, 4.69) is 26.5 Å². The molecule has 0 heterocycles. The smallest absolute Gasteiger partial charge is 0.0925 e. The third kappa shape index (κ3) is 5.95. The lowest BCUT2D eigenvalue weighted by Gasteiger charge is -2.21. The van der Waals surface area contributed by atoms with Gasteiger partial charge in [-0.15, -0.1) is 0 Å². The molecule has 2 nitrogen and oxygen atoms in total. The Hall–Kier alpha value is -0.180. The molecule has 0 aliphatic heterocycles. The second kappa shape index (κ2) is 6.93. The molecule has 0 saturated carbocycles. The number of hydrogen-bond donors (Lipinski definition) is 2. The normalized spacial score (nSPS) is 8.30. The Morgan fingerprint density at radius 3 is 1.70 bits per heavy atom. The number of nitrogens with zero attached hydrogens (tertiary/aromatic N) is 1. The summed E-state index contributed by atoms with van der Waals surface area (Å²) in [5.41, 5.74) is 0. The Kier molecular flexibility index (Phi) is 8.66. The highest BCUT2D eigenvalue weighted by atomic mass is 32.1. The van der Waals surface area contributed by atoms with Gasteiger partial charge in [-0.2, -0.15) is 12.6 Å². The van der Waals surface area contributed by atoms with Crippen molar-refractivity contribution in [2.24, 2.45) is 0 Å². The largest absolute Gasteiger partial charge is 0.361 e. The Labute approximate surface area is 69.5 Å². The van der Waals surface area contributed by atoms with Crippen molar-refractivity contribution >= 4 is 18.5 Å². The van der Waals surface area contributed by atoms with E-state index in [4.69, 9.17) is 5.41 Å². The van der Waals surface area contributed by atoms with Crippen LogP contribution in [0.5, 0.6) is 0 Å². The van der Waals surface area contributed by atoms with E-state index in [1.54, 1.807) is 13.2 Å². The molecule has 0 rings (SSSR count). The molecule has 0 fully saturated rings. The summed E-state index contributed by atoms with van der Waals surface area (Å²) in [5, 5.41) is 7.16. The molecule has 0 bridgehead atoms. The zero-order valence-corrected chi connectivity index (χ0v) is 8.37. The molecular weight excluding hydrogens is 144 g/mol. The van der Waals surface area contributed by atoms with Crippen molar-refractivity contribution < 1.29 is 0 Å². The highest BCUT2D eigenvalue weighted by Gasteiger charge is 2.00. The number of hydrogen-bond acceptors (Lipinski definition) is 2. The fourth-order valence-corrected chi connectivity index (χ4v) is 0.387. The summed E-state index contributed by atoms with van der Waals surface area (Å²) in [5.74, 6) is 0.625. The quantitative estimate of drug-likeness (QED) is 0.344. The van der Waals surface area contributed by atoms with E-state index in [-0.39, 0.29) is 0 Å². The monoisotopic (exact) mass is 162 g/mol. The predicted octanol–water partition coefficient (Wildman–Crippen LogP) is 1.87. The van der Waals surface area contributed by atoms with Crippen molar-refractivity contribution in [3.63, 3.8) is 0 Å². The molecule has 62 valence electrons. The van der Waals surface area contributed by atoms with E-state index >= 15 is 0 Å². The third-order valence-corrected chi connectivity index (χ3v) is 1.30. The summed E-state index contributed by atoms with van der Waals surface area (Å²) in [6, 6.07) is 0.451. The fraction of sp³-hybridized carbons (Fsp3) is 0.857. The molecule has 0 amide bonds. The van der Waals surface area contributed by atoms with Crippen molar-refractivity contribution in [2.75, 3.05) is 13.3 Å². The Morgan fingerprint density at radius 1 is 1.40 bits per heavy atom. The molecule has 0 radical (unpaired) electrons. The third-order valence-electron chi connectivity index (χ3n) is 1.30. The predicted molar refractivity (Wildman–Crippen MR) is 51.2 cm³/mol. The van der Waals surface area contributed by atoms with Gasteiger partial charge in [-0.3, -0.25) is 5.41 Å². The van der Waals surface area contributed by atoms with Crippen LogP contribution in [0.2, 0.25) is 0 Å². The van der Waals surface area contributed by atoms with Gasteiger partial charge < -0.3 is 4.90 Å². The van der Waals surface area contributed by atoms with Crippen LogP contribution in [0.15, 0.2) is 0 Å². The van der Waals surface area contributed by atoms with Crippen molar-refractivity contribution in [3.05, 3.63) is 0 Å². The first kappa shape index (κ1) is 12.5. The van der Waals surface area contributed by atoms with E-state index in [0.717, 1.165) is 0 Å². The second-order valence-corrected chi connectivity index (χ2v) is 2.29. The molecule has 0 aliphatic carbocycles. The summed E-state index contributed by atoms with van der Waals surface area (Å²) < 4.78 is 0. The van der Waals surface area contributed by atoms with Gasteiger partial charge in [0.2, 0.25) is 0 Å². The summed E-state index contributed by atoms with van der Waals surface area (Å²) in [6.45, 7) is 5.93. The highest BCUT2D eigenvalue weighted by Crippen LogP contribution is 1.91. The summed E-state index contributed by atoms with van der Waals surface area (Å²) in [7, 11) is 1.92. The summed E-state index contributed by atoms with van der Waals surface area (Å²) in [4.78, 5) is 1.92. The first-order valence-corrected chi connectivity index (χ1v) is 4.18. The number of amidine groups is 1. The second-order valence-electron chi connectivity index (χ2n) is 2.29. The molecule has 0 aromatic heterocycles. The molecule has 0 atom stereocenters. The Balaban J connectivity index is 0. The molecular formula is C7H18N2S. The van der Waals surface area contributed by atoms with Crippen LogP contribution in [0.1, 0.15) is 20.8 Å². The minimum absolute atomic E-state index is 0.451. The van der Waals surface area contributed by atoms with E-state index in [1.165, 1.54) is 0 Å². The molecule has 0 aromatic rings. The maximum absolute atomic E-state index is 7.16. The van der Waals surface area contributed by atoms with E-state index in [9.17, 15) is 0 Å². The molecule has 3 heteroatoms. The van der Waals surface area contributed by atoms with Crippen LogP contribution in [0.25, 0.3) is 0 Å². The van der Waals surface area contributed by atoms with Gasteiger partial charge in [0, 0.05) is 13.1 Å². The molecule has 0 unspecified atom stereocenters. The van der Waals surface area contributed by atoms with Crippen LogP contribution in [0.3, 0.4) is 0 Å². The van der Waals surface area contributed by atoms with Crippen LogP contribution in [0.4, 0.5) is 0 Å². The Morgan fingerprint density at radius 2 is 1.70 bits per heavy atom. The topological polar surface area (TPSA) is 27.1 Å². The minimum Gasteiger partial charge on any atom is -0.361 e. The molecule has 0 spiro atoms. The van der Waals surface area contributed by atoms with Crippen molar-refractivity contribution in [2.45, 2.75) is 26.8 Å². The minimum atomic E-state index is 0.451. The number of thiol groups is 1. The van der Waals surface area contributed by atoms with Gasteiger partial charge >= 0.3 is 0 Å². The SMILES string of the molecule is CC(=N)N(C)C(C)C.CS. The molecule has 10 heavy (non-hydrogen) atoms. The van der Waals surface area contributed by atoms with E-state index in [0.29, 0.717) is 11.9 Å². The number of nitrogens with one attached hydrogen (secondary N) is 1. The van der Waals surface area contributed by atoms with Crippen molar-refractivity contribution in [3.8, 4) is 0 Å². The lowest BCUT2D eigenvalue weighted by atomic mass is 10.3. The molecule has 0 aliphatic rings. The van der Waals surface area contributed by atoms with Gasteiger partial charge in [0.05, 0.1) is 5.84 Å². The lowest BCUT2D eigenvalue weighted by molar-refractivity contribution is 0.413. The number of rotatable bonds is 1. The summed E-state index contributed by atoms with van der Waals surface area (Å²) in [6.07, 6.45) is 1.69. The zero-order chi connectivity index (χ0) is 8.73. The van der Waals surface area contributed by atoms with Crippen LogP contribution >= 0.6 is 12.6 Å². The van der Waals surface area contributed by atoms with Gasteiger partial charge in [-0.1, -0.05) is 0 Å². The van der Waals surface area contributed by atoms with Gasteiger partial charge in [-0.25, -0.2) is 0 Å². The van der Waals surface area contributed by atoms with E-state index < -0.39 is 0 Å². The highest BCUT2D eigenvalue weighted by molar-refractivity contribution is 7.79. The Bertz CT molecular complexity index is 91.6. The fourth-order valence-electron chi connectivity index (χ4n) is 0.387. The zero-order valence-electron chi connectivity index (χ0n) is 7.47. The van der Waals surface area contributed by atoms with Crippen LogP contribution in [-0.4, -0.2) is 30.1 Å². The van der Waals surface area contributed by atoms with Gasteiger partial charge in [-0.05, 0) is 27.0 Å². The van der Waals surface area contributed by atoms with Crippen molar-refractivity contribution in [1.29, 1.82) is 5.41 Å². The van der Waals surface area contributed by atoms with Gasteiger partial charge in [0.15, 0.2) is 0 Å². The maximum atomic E-state index is 7.16. The maximum Gasteiger partial charge on any atom is 0.0925 e. The standard InChI is InChI=1S/C6H14N2.CH4S/c1-5(2)8(4)6(3)7;1-2/h5,7H,1-4H3;2H,1H3. The molecule has 1 N–H and O–H groups in total. The van der Waals surface area contributed by atoms with Gasteiger partial charge in [0.25, 0.3) is 0 Å². The average molecular weight is 162 g/mol. The van der Waals surface area contributed by atoms with Crippen LogP contribution in [-0.2, 0) is 0 Å².